The largest absolute Gasteiger partial charge is 0.504 e. The Morgan fingerprint density at radius 1 is 1.00 bits per heavy atom. The summed E-state index contributed by atoms with van der Waals surface area (Å²) in [6.07, 6.45) is 2.93. The molecule has 0 radical (unpaired) electrons. The van der Waals surface area contributed by atoms with Crippen molar-refractivity contribution in [1.29, 1.82) is 0 Å². The number of amides is 3. The first-order valence-electron chi connectivity index (χ1n) is 10.8. The molecule has 2 heterocycles. The number of carbonyl (C=O) groups excluding carboxylic acids is 3. The lowest BCUT2D eigenvalue weighted by atomic mass is 9.97. The van der Waals surface area contributed by atoms with E-state index in [0.29, 0.717) is 31.6 Å². The van der Waals surface area contributed by atoms with E-state index in [1.807, 2.05) is 48.5 Å². The number of piperidine rings is 1. The molecule has 0 spiro atoms. The maximum Gasteiger partial charge on any atom is 0.294 e. The van der Waals surface area contributed by atoms with Crippen molar-refractivity contribution in [3.8, 4) is 11.4 Å². The highest BCUT2D eigenvalue weighted by Crippen LogP contribution is 2.19. The average Bonchev–Trinajstić information content (AvgIpc) is 3.25. The minimum Gasteiger partial charge on any atom is -0.504 e. The third-order valence-corrected chi connectivity index (χ3v) is 5.57. The van der Waals surface area contributed by atoms with Gasteiger partial charge in [-0.2, -0.15) is 5.10 Å². The van der Waals surface area contributed by atoms with Gasteiger partial charge >= 0.3 is 0 Å². The lowest BCUT2D eigenvalue weighted by Crippen LogP contribution is -2.50. The van der Waals surface area contributed by atoms with Crippen LogP contribution in [0.5, 0.6) is 5.75 Å². The highest BCUT2D eigenvalue weighted by Gasteiger charge is 2.29. The van der Waals surface area contributed by atoms with Gasteiger partial charge in [0.05, 0.1) is 24.2 Å². The lowest BCUT2D eigenvalue weighted by Gasteiger charge is -2.32. The lowest BCUT2D eigenvalue weighted by molar-refractivity contribution is -0.135. The Balaban J connectivity index is 1.31. The zero-order chi connectivity index (χ0) is 23.2. The van der Waals surface area contributed by atoms with Crippen LogP contribution in [0.3, 0.4) is 0 Å². The molecule has 3 aromatic rings. The highest BCUT2D eigenvalue weighted by atomic mass is 16.3. The molecule has 1 saturated heterocycles. The number of nitrogens with zero attached hydrogens (tertiary/aromatic N) is 3. The number of hydrogen-bond donors (Lipinski definition) is 3. The summed E-state index contributed by atoms with van der Waals surface area (Å²) >= 11 is 0. The molecule has 9 nitrogen and oxygen atoms in total. The van der Waals surface area contributed by atoms with E-state index >= 15 is 0 Å². The summed E-state index contributed by atoms with van der Waals surface area (Å²) in [7, 11) is 0. The number of hydrogen-bond acceptors (Lipinski definition) is 5. The molecular weight excluding hydrogens is 422 g/mol. The molecule has 1 unspecified atom stereocenters. The van der Waals surface area contributed by atoms with Gasteiger partial charge in [-0.15, -0.1) is 0 Å². The number of aromatic nitrogens is 2. The molecule has 0 saturated carbocycles. The predicted octanol–water partition coefficient (Wildman–Crippen LogP) is 1.82. The summed E-state index contributed by atoms with van der Waals surface area (Å²) in [6.45, 7) is 0.897. The van der Waals surface area contributed by atoms with Crippen molar-refractivity contribution >= 4 is 17.7 Å². The molecule has 170 valence electrons. The van der Waals surface area contributed by atoms with Gasteiger partial charge in [-0.05, 0) is 30.5 Å². The molecule has 1 aliphatic heterocycles. The van der Waals surface area contributed by atoms with E-state index in [0.717, 1.165) is 5.56 Å². The summed E-state index contributed by atoms with van der Waals surface area (Å²) in [6, 6.07) is 18.5. The standard InChI is InChI=1S/C24H25N5O4/c30-20-16-29(19-11-5-2-6-12-19)27-22(20)24(33)26-25-23(32)18-10-7-13-28(15-18)21(31)14-17-8-3-1-4-9-17/h1-6,8-9,11-12,16,18,30H,7,10,13-15H2,(H,25,32)(H,26,33). The Labute approximate surface area is 191 Å². The zero-order valence-corrected chi connectivity index (χ0v) is 18.0. The molecule has 3 N–H and O–H groups in total. The summed E-state index contributed by atoms with van der Waals surface area (Å²) in [5.74, 6) is -1.89. The van der Waals surface area contributed by atoms with Crippen LogP contribution in [0.4, 0.5) is 0 Å². The molecule has 9 heteroatoms. The normalized spacial score (nSPS) is 15.6. The molecule has 1 aliphatic rings. The van der Waals surface area contributed by atoms with Crippen LogP contribution < -0.4 is 10.9 Å². The molecule has 0 aliphatic carbocycles. The second-order valence-corrected chi connectivity index (χ2v) is 7.93. The third-order valence-electron chi connectivity index (χ3n) is 5.57. The van der Waals surface area contributed by atoms with E-state index in [1.165, 1.54) is 10.9 Å². The molecule has 1 aromatic heterocycles. The Hall–Kier alpha value is -4.14. The molecule has 33 heavy (non-hydrogen) atoms. The first-order valence-corrected chi connectivity index (χ1v) is 10.8. The smallest absolute Gasteiger partial charge is 0.294 e. The van der Waals surface area contributed by atoms with Crippen LogP contribution in [0.1, 0.15) is 28.9 Å². The first kappa shape index (κ1) is 22.1. The van der Waals surface area contributed by atoms with Gasteiger partial charge in [0.15, 0.2) is 11.4 Å². The molecule has 3 amide bonds. The monoisotopic (exact) mass is 447 g/mol. The SMILES string of the molecule is O=C(NNC(=O)C1CCCN(C(=O)Cc2ccccc2)C1)c1nn(-c2ccccc2)cc1O. The van der Waals surface area contributed by atoms with Gasteiger partial charge in [0, 0.05) is 13.1 Å². The van der Waals surface area contributed by atoms with Gasteiger partial charge in [-0.1, -0.05) is 48.5 Å². The quantitative estimate of drug-likeness (QED) is 0.516. The second kappa shape index (κ2) is 9.99. The van der Waals surface area contributed by atoms with Gasteiger partial charge in [-0.3, -0.25) is 25.2 Å². The van der Waals surface area contributed by atoms with Crippen molar-refractivity contribution in [3.63, 3.8) is 0 Å². The topological polar surface area (TPSA) is 117 Å². The van der Waals surface area contributed by atoms with E-state index in [2.05, 4.69) is 16.0 Å². The van der Waals surface area contributed by atoms with Gasteiger partial charge < -0.3 is 10.0 Å². The van der Waals surface area contributed by atoms with Gasteiger partial charge in [0.2, 0.25) is 11.8 Å². The molecule has 0 bridgehead atoms. The number of nitrogens with one attached hydrogen (secondary N) is 2. The zero-order valence-electron chi connectivity index (χ0n) is 18.0. The number of likely N-dealkylation sites (tertiary alicyclic amines) is 1. The number of carbonyl (C=O) groups is 3. The third kappa shape index (κ3) is 5.38. The van der Waals surface area contributed by atoms with Crippen LogP contribution in [0.2, 0.25) is 0 Å². The summed E-state index contributed by atoms with van der Waals surface area (Å²) in [5, 5.41) is 14.2. The average molecular weight is 447 g/mol. The van der Waals surface area contributed by atoms with Crippen LogP contribution in [0.25, 0.3) is 5.69 Å². The van der Waals surface area contributed by atoms with Crippen LogP contribution in [0.15, 0.2) is 66.9 Å². The number of para-hydroxylation sites is 1. The number of hydrazine groups is 1. The minimum atomic E-state index is -0.733. The molecule has 1 fully saturated rings. The molecule has 2 aromatic carbocycles. The predicted molar refractivity (Wildman–Crippen MR) is 120 cm³/mol. The summed E-state index contributed by atoms with van der Waals surface area (Å²) in [5.41, 5.74) is 6.11. The number of aromatic hydroxyl groups is 1. The van der Waals surface area contributed by atoms with Crippen molar-refractivity contribution in [1.82, 2.24) is 25.5 Å². The summed E-state index contributed by atoms with van der Waals surface area (Å²) < 4.78 is 1.38. The van der Waals surface area contributed by atoms with E-state index in [4.69, 9.17) is 0 Å². The van der Waals surface area contributed by atoms with Crippen molar-refractivity contribution in [3.05, 3.63) is 78.1 Å². The molecule has 1 atom stereocenters. The van der Waals surface area contributed by atoms with E-state index in [-0.39, 0.29) is 29.7 Å². The number of rotatable bonds is 5. The second-order valence-electron chi connectivity index (χ2n) is 7.93. The van der Waals surface area contributed by atoms with Gasteiger partial charge in [0.1, 0.15) is 0 Å². The van der Waals surface area contributed by atoms with E-state index < -0.39 is 11.8 Å². The van der Waals surface area contributed by atoms with E-state index in [1.54, 1.807) is 17.0 Å². The van der Waals surface area contributed by atoms with Crippen LogP contribution in [-0.4, -0.2) is 50.6 Å². The van der Waals surface area contributed by atoms with Crippen LogP contribution in [-0.2, 0) is 16.0 Å². The van der Waals surface area contributed by atoms with Crippen molar-refractivity contribution < 1.29 is 19.5 Å². The Bertz CT molecular complexity index is 1130. The number of benzene rings is 2. The van der Waals surface area contributed by atoms with Crippen molar-refractivity contribution in [2.24, 2.45) is 5.92 Å². The first-order chi connectivity index (χ1) is 16.0. The fraction of sp³-hybridized carbons (Fsp3) is 0.250. The minimum absolute atomic E-state index is 0.0286. The summed E-state index contributed by atoms with van der Waals surface area (Å²) in [4.78, 5) is 39.4. The highest BCUT2D eigenvalue weighted by molar-refractivity contribution is 5.96. The molecular formula is C24H25N5O4. The van der Waals surface area contributed by atoms with Crippen LogP contribution in [0, 0.1) is 5.92 Å². The van der Waals surface area contributed by atoms with Gasteiger partial charge in [0.25, 0.3) is 5.91 Å². The fourth-order valence-corrected chi connectivity index (χ4v) is 3.82. The molecule has 4 rings (SSSR count). The Morgan fingerprint density at radius 3 is 2.42 bits per heavy atom. The van der Waals surface area contributed by atoms with Crippen molar-refractivity contribution in [2.75, 3.05) is 13.1 Å². The fourth-order valence-electron chi connectivity index (χ4n) is 3.82. The Kier molecular flexibility index (Phi) is 6.68. The van der Waals surface area contributed by atoms with Gasteiger partial charge in [-0.25, -0.2) is 4.68 Å². The maximum atomic E-state index is 12.6. The van der Waals surface area contributed by atoms with E-state index in [9.17, 15) is 19.5 Å². The maximum absolute atomic E-state index is 12.6. The van der Waals surface area contributed by atoms with Crippen molar-refractivity contribution in [2.45, 2.75) is 19.3 Å². The Morgan fingerprint density at radius 2 is 1.70 bits per heavy atom. The van der Waals surface area contributed by atoms with Crippen LogP contribution >= 0.6 is 0 Å².